The molecule has 3 aromatic rings. The first-order valence-electron chi connectivity index (χ1n) is 9.53. The maximum atomic E-state index is 11.4. The van der Waals surface area contributed by atoms with Gasteiger partial charge < -0.3 is 14.3 Å². The molecule has 0 bridgehead atoms. The third-order valence-corrected chi connectivity index (χ3v) is 5.43. The average molecular weight is 377 g/mol. The summed E-state index contributed by atoms with van der Waals surface area (Å²) in [4.78, 5) is 15.5. The number of carbonyl (C=O) groups is 1. The number of pyridine rings is 1. The van der Waals surface area contributed by atoms with Crippen LogP contribution in [0.1, 0.15) is 51.8 Å². The molecule has 1 unspecified atom stereocenters. The van der Waals surface area contributed by atoms with Crippen molar-refractivity contribution in [3.8, 4) is 16.9 Å². The standard InChI is InChI=1S/C23H23NO4/c1-14-11-21(15(2)28-14)17-5-6-19-16(8-10-27-22(19)12-17)3-4-18-13-24-9-7-20(18)23(25)26/h5-7,9,11-13,16H,3-4,8,10H2,1-2H3,(H,25,26). The van der Waals surface area contributed by atoms with Crippen molar-refractivity contribution in [2.75, 3.05) is 6.61 Å². The Balaban J connectivity index is 1.56. The lowest BCUT2D eigenvalue weighted by Crippen LogP contribution is -2.15. The minimum Gasteiger partial charge on any atom is -0.493 e. The van der Waals surface area contributed by atoms with Crippen molar-refractivity contribution >= 4 is 5.97 Å². The highest BCUT2D eigenvalue weighted by Crippen LogP contribution is 2.40. The molecule has 4 rings (SSSR count). The van der Waals surface area contributed by atoms with Gasteiger partial charge in [-0.3, -0.25) is 4.98 Å². The molecule has 0 amide bonds. The molecule has 2 aromatic heterocycles. The third kappa shape index (κ3) is 3.52. The number of aryl methyl sites for hydroxylation is 3. The number of hydrogen-bond donors (Lipinski definition) is 1. The van der Waals surface area contributed by atoms with Gasteiger partial charge in [0.15, 0.2) is 0 Å². The molecule has 0 radical (unpaired) electrons. The van der Waals surface area contributed by atoms with Crippen LogP contribution in [0.4, 0.5) is 0 Å². The second kappa shape index (κ2) is 7.50. The molecule has 3 heterocycles. The van der Waals surface area contributed by atoms with Gasteiger partial charge in [-0.15, -0.1) is 0 Å². The minimum absolute atomic E-state index is 0.337. The van der Waals surface area contributed by atoms with E-state index in [-0.39, 0.29) is 0 Å². The fraction of sp³-hybridized carbons (Fsp3) is 0.304. The number of rotatable bonds is 5. The van der Waals surface area contributed by atoms with Gasteiger partial charge in [0.05, 0.1) is 12.2 Å². The van der Waals surface area contributed by atoms with Crippen LogP contribution < -0.4 is 4.74 Å². The Kier molecular flexibility index (Phi) is 4.90. The zero-order chi connectivity index (χ0) is 19.7. The molecule has 0 aliphatic carbocycles. The van der Waals surface area contributed by atoms with E-state index in [1.54, 1.807) is 12.3 Å². The lowest BCUT2D eigenvalue weighted by atomic mass is 9.86. The van der Waals surface area contributed by atoms with Crippen molar-refractivity contribution in [1.82, 2.24) is 4.98 Å². The molecular formula is C23H23NO4. The molecule has 0 fully saturated rings. The number of nitrogens with zero attached hydrogens (tertiary/aromatic N) is 1. The Labute approximate surface area is 164 Å². The van der Waals surface area contributed by atoms with Gasteiger partial charge in [-0.25, -0.2) is 4.79 Å². The highest BCUT2D eigenvalue weighted by Gasteiger charge is 2.23. The van der Waals surface area contributed by atoms with E-state index in [0.717, 1.165) is 46.8 Å². The molecule has 0 saturated carbocycles. The summed E-state index contributed by atoms with van der Waals surface area (Å²) in [6.45, 7) is 4.59. The van der Waals surface area contributed by atoms with E-state index in [9.17, 15) is 9.90 Å². The molecule has 1 aliphatic rings. The van der Waals surface area contributed by atoms with Gasteiger partial charge in [-0.2, -0.15) is 0 Å². The van der Waals surface area contributed by atoms with E-state index in [0.29, 0.717) is 24.5 Å². The fourth-order valence-corrected chi connectivity index (χ4v) is 4.01. The smallest absolute Gasteiger partial charge is 0.336 e. The predicted molar refractivity (Wildman–Crippen MR) is 106 cm³/mol. The normalized spacial score (nSPS) is 15.7. The number of ether oxygens (including phenoxy) is 1. The van der Waals surface area contributed by atoms with Crippen LogP contribution in [0.5, 0.6) is 5.75 Å². The molecular weight excluding hydrogens is 354 g/mol. The van der Waals surface area contributed by atoms with Gasteiger partial charge >= 0.3 is 5.97 Å². The third-order valence-electron chi connectivity index (χ3n) is 5.43. The maximum absolute atomic E-state index is 11.4. The van der Waals surface area contributed by atoms with Crippen molar-refractivity contribution in [3.63, 3.8) is 0 Å². The van der Waals surface area contributed by atoms with Crippen LogP contribution in [-0.2, 0) is 6.42 Å². The van der Waals surface area contributed by atoms with Gasteiger partial charge in [0.2, 0.25) is 0 Å². The van der Waals surface area contributed by atoms with E-state index in [2.05, 4.69) is 23.2 Å². The van der Waals surface area contributed by atoms with Gasteiger partial charge in [-0.05, 0) is 73.9 Å². The monoisotopic (exact) mass is 377 g/mol. The van der Waals surface area contributed by atoms with E-state index in [1.165, 1.54) is 11.8 Å². The number of hydrogen-bond acceptors (Lipinski definition) is 4. The topological polar surface area (TPSA) is 72.6 Å². The highest BCUT2D eigenvalue weighted by atomic mass is 16.5. The average Bonchev–Trinajstić information content (AvgIpc) is 3.04. The second-order valence-corrected chi connectivity index (χ2v) is 7.29. The Morgan fingerprint density at radius 1 is 1.25 bits per heavy atom. The second-order valence-electron chi connectivity index (χ2n) is 7.29. The van der Waals surface area contributed by atoms with Gasteiger partial charge in [0, 0.05) is 18.0 Å². The van der Waals surface area contributed by atoms with E-state index in [1.807, 2.05) is 19.9 Å². The minimum atomic E-state index is -0.903. The van der Waals surface area contributed by atoms with Crippen molar-refractivity contribution in [2.45, 2.75) is 39.0 Å². The SMILES string of the molecule is Cc1cc(-c2ccc3c(c2)OCCC3CCc2cnccc2C(=O)O)c(C)o1. The number of fused-ring (bicyclic) bond motifs is 1. The first-order valence-corrected chi connectivity index (χ1v) is 9.53. The van der Waals surface area contributed by atoms with Gasteiger partial charge in [0.1, 0.15) is 17.3 Å². The van der Waals surface area contributed by atoms with Crippen LogP contribution in [0.25, 0.3) is 11.1 Å². The summed E-state index contributed by atoms with van der Waals surface area (Å²) in [6.07, 6.45) is 5.67. The van der Waals surface area contributed by atoms with Crippen molar-refractivity contribution in [1.29, 1.82) is 0 Å². The summed E-state index contributed by atoms with van der Waals surface area (Å²) >= 11 is 0. The number of furan rings is 1. The number of benzene rings is 1. The molecule has 1 aromatic carbocycles. The first-order chi connectivity index (χ1) is 13.5. The molecule has 28 heavy (non-hydrogen) atoms. The summed E-state index contributed by atoms with van der Waals surface area (Å²) in [5, 5.41) is 9.37. The number of aromatic nitrogens is 1. The summed E-state index contributed by atoms with van der Waals surface area (Å²) in [6, 6.07) is 9.96. The molecule has 1 atom stereocenters. The first kappa shape index (κ1) is 18.3. The van der Waals surface area contributed by atoms with Crippen LogP contribution >= 0.6 is 0 Å². The lowest BCUT2D eigenvalue weighted by Gasteiger charge is -2.26. The fourth-order valence-electron chi connectivity index (χ4n) is 4.01. The zero-order valence-corrected chi connectivity index (χ0v) is 16.1. The summed E-state index contributed by atoms with van der Waals surface area (Å²) in [7, 11) is 0. The van der Waals surface area contributed by atoms with Crippen LogP contribution in [0.2, 0.25) is 0 Å². The number of aromatic carboxylic acids is 1. The summed E-state index contributed by atoms with van der Waals surface area (Å²) in [5.74, 6) is 2.15. The van der Waals surface area contributed by atoms with Crippen molar-refractivity contribution in [3.05, 3.63) is 70.9 Å². The Hall–Kier alpha value is -3.08. The van der Waals surface area contributed by atoms with Crippen molar-refractivity contribution in [2.24, 2.45) is 0 Å². The molecule has 1 N–H and O–H groups in total. The molecule has 144 valence electrons. The quantitative estimate of drug-likeness (QED) is 0.665. The van der Waals surface area contributed by atoms with Crippen LogP contribution in [0.3, 0.4) is 0 Å². The Morgan fingerprint density at radius 2 is 2.11 bits per heavy atom. The number of carboxylic acids is 1. The van der Waals surface area contributed by atoms with Gasteiger partial charge in [0.25, 0.3) is 0 Å². The van der Waals surface area contributed by atoms with Crippen LogP contribution in [0.15, 0.2) is 47.1 Å². The van der Waals surface area contributed by atoms with Crippen molar-refractivity contribution < 1.29 is 19.1 Å². The van der Waals surface area contributed by atoms with Crippen LogP contribution in [0, 0.1) is 13.8 Å². The summed E-state index contributed by atoms with van der Waals surface area (Å²) < 4.78 is 11.6. The van der Waals surface area contributed by atoms with Gasteiger partial charge in [-0.1, -0.05) is 12.1 Å². The molecule has 0 saturated heterocycles. The maximum Gasteiger partial charge on any atom is 0.336 e. The lowest BCUT2D eigenvalue weighted by molar-refractivity contribution is 0.0695. The highest BCUT2D eigenvalue weighted by molar-refractivity contribution is 5.89. The van der Waals surface area contributed by atoms with Crippen LogP contribution in [-0.4, -0.2) is 22.7 Å². The molecule has 0 spiro atoms. The molecule has 5 heteroatoms. The Bertz CT molecular complexity index is 1020. The van der Waals surface area contributed by atoms with E-state index in [4.69, 9.17) is 9.15 Å². The predicted octanol–water partition coefficient (Wildman–Crippen LogP) is 5.16. The molecule has 5 nitrogen and oxygen atoms in total. The largest absolute Gasteiger partial charge is 0.493 e. The summed E-state index contributed by atoms with van der Waals surface area (Å²) in [5.41, 5.74) is 4.49. The molecule has 1 aliphatic heterocycles. The number of carboxylic acid groups (broad SMARTS) is 1. The van der Waals surface area contributed by atoms with E-state index >= 15 is 0 Å². The zero-order valence-electron chi connectivity index (χ0n) is 16.1. The van der Waals surface area contributed by atoms with E-state index < -0.39 is 5.97 Å². The Morgan fingerprint density at radius 3 is 2.86 bits per heavy atom.